The molecule has 0 atom stereocenters. The minimum atomic E-state index is -0.319. The van der Waals surface area contributed by atoms with Gasteiger partial charge in [-0.05, 0) is 30.3 Å². The molecule has 1 aromatic carbocycles. The van der Waals surface area contributed by atoms with E-state index in [1.807, 2.05) is 11.9 Å². The van der Waals surface area contributed by atoms with Crippen LogP contribution in [0.2, 0.25) is 0 Å². The maximum atomic E-state index is 13.7. The predicted molar refractivity (Wildman–Crippen MR) is 77.5 cm³/mol. The second-order valence-electron chi connectivity index (χ2n) is 4.11. The lowest BCUT2D eigenvalue weighted by Crippen LogP contribution is -2.25. The molecule has 0 saturated carbocycles. The Hall–Kier alpha value is -1.53. The molecule has 0 aliphatic rings. The van der Waals surface area contributed by atoms with E-state index < -0.39 is 0 Å². The van der Waals surface area contributed by atoms with Crippen molar-refractivity contribution in [2.75, 3.05) is 25.0 Å². The number of hydrogen-bond acceptors (Lipinski definition) is 4. The average Bonchev–Trinajstić information content (AvgIpc) is 2.42. The fraction of sp³-hybridized carbons (Fsp3) is 0.231. The molecule has 6 heteroatoms. The summed E-state index contributed by atoms with van der Waals surface area (Å²) < 4.78 is 14.5. The Morgan fingerprint density at radius 2 is 2.05 bits per heavy atom. The number of hydrogen-bond donors (Lipinski definition) is 1. The summed E-state index contributed by atoms with van der Waals surface area (Å²) in [7, 11) is 1.89. The van der Waals surface area contributed by atoms with Gasteiger partial charge in [-0.2, -0.15) is 0 Å². The molecule has 0 fully saturated rings. The quantitative estimate of drug-likeness (QED) is 0.938. The van der Waals surface area contributed by atoms with Crippen molar-refractivity contribution >= 4 is 21.7 Å². The zero-order chi connectivity index (χ0) is 13.8. The lowest BCUT2D eigenvalue weighted by atomic mass is 10.1. The van der Waals surface area contributed by atoms with Crippen molar-refractivity contribution in [3.8, 4) is 11.3 Å². The Bertz CT molecular complexity index is 559. The fourth-order valence-corrected chi connectivity index (χ4v) is 2.04. The van der Waals surface area contributed by atoms with Crippen molar-refractivity contribution in [2.45, 2.75) is 0 Å². The first-order valence-corrected chi connectivity index (χ1v) is 6.61. The zero-order valence-corrected chi connectivity index (χ0v) is 12.1. The third-order valence-electron chi connectivity index (χ3n) is 2.71. The molecule has 0 unspecified atom stereocenters. The highest BCUT2D eigenvalue weighted by atomic mass is 79.9. The summed E-state index contributed by atoms with van der Waals surface area (Å²) in [6.45, 7) is 1.24. The molecule has 0 aliphatic heterocycles. The first kappa shape index (κ1) is 13.9. The lowest BCUT2D eigenvalue weighted by Gasteiger charge is -2.16. The summed E-state index contributed by atoms with van der Waals surface area (Å²) in [6.07, 6.45) is 0. The van der Waals surface area contributed by atoms with Gasteiger partial charge in [-0.15, -0.1) is 10.2 Å². The van der Waals surface area contributed by atoms with Gasteiger partial charge in [0.25, 0.3) is 0 Å². The maximum absolute atomic E-state index is 13.7. The Kier molecular flexibility index (Phi) is 4.44. The largest absolute Gasteiger partial charge is 0.357 e. The number of rotatable bonds is 4. The minimum absolute atomic E-state index is 0.319. The number of anilines is 1. The highest BCUT2D eigenvalue weighted by Crippen LogP contribution is 2.25. The highest BCUT2D eigenvalue weighted by Gasteiger charge is 2.09. The van der Waals surface area contributed by atoms with E-state index in [1.165, 1.54) is 6.07 Å². The number of benzene rings is 1. The molecule has 1 aromatic heterocycles. The number of aromatic nitrogens is 2. The molecule has 4 nitrogen and oxygen atoms in total. The van der Waals surface area contributed by atoms with Gasteiger partial charge in [0.15, 0.2) is 5.82 Å². The van der Waals surface area contributed by atoms with Gasteiger partial charge in [-0.1, -0.05) is 15.9 Å². The van der Waals surface area contributed by atoms with E-state index in [0.29, 0.717) is 30.2 Å². The normalized spacial score (nSPS) is 10.5. The Morgan fingerprint density at radius 3 is 2.68 bits per heavy atom. The van der Waals surface area contributed by atoms with Gasteiger partial charge in [0, 0.05) is 30.2 Å². The molecule has 0 aliphatic carbocycles. The molecule has 0 spiro atoms. The lowest BCUT2D eigenvalue weighted by molar-refractivity contribution is 0.630. The summed E-state index contributed by atoms with van der Waals surface area (Å²) >= 11 is 3.31. The third-order valence-corrected chi connectivity index (χ3v) is 3.20. The smallest absolute Gasteiger partial charge is 0.151 e. The van der Waals surface area contributed by atoms with Crippen molar-refractivity contribution < 1.29 is 4.39 Å². The first-order valence-electron chi connectivity index (χ1n) is 5.82. The maximum Gasteiger partial charge on any atom is 0.151 e. The van der Waals surface area contributed by atoms with Crippen LogP contribution in [0.25, 0.3) is 11.3 Å². The van der Waals surface area contributed by atoms with Crippen LogP contribution < -0.4 is 10.6 Å². The van der Waals surface area contributed by atoms with Crippen LogP contribution >= 0.6 is 15.9 Å². The Balaban J connectivity index is 2.29. The molecule has 2 N–H and O–H groups in total. The van der Waals surface area contributed by atoms with E-state index in [2.05, 4.69) is 26.1 Å². The van der Waals surface area contributed by atoms with E-state index in [-0.39, 0.29) is 5.82 Å². The standard InChI is InChI=1S/C13H14BrFN4/c1-19(7-6-16)13-5-4-12(17-18-13)10-8-9(14)2-3-11(10)15/h2-5,8H,6-7,16H2,1H3. The fourth-order valence-electron chi connectivity index (χ4n) is 1.67. The summed E-state index contributed by atoms with van der Waals surface area (Å²) in [5, 5.41) is 8.14. The predicted octanol–water partition coefficient (Wildman–Crippen LogP) is 2.44. The van der Waals surface area contributed by atoms with Gasteiger partial charge < -0.3 is 10.6 Å². The third kappa shape index (κ3) is 3.27. The molecule has 2 aromatic rings. The van der Waals surface area contributed by atoms with Gasteiger partial charge >= 0.3 is 0 Å². The molecule has 0 radical (unpaired) electrons. The van der Waals surface area contributed by atoms with Crippen molar-refractivity contribution in [2.24, 2.45) is 5.73 Å². The second kappa shape index (κ2) is 6.08. The average molecular weight is 325 g/mol. The van der Waals surface area contributed by atoms with E-state index >= 15 is 0 Å². The van der Waals surface area contributed by atoms with Gasteiger partial charge in [0.05, 0.1) is 5.69 Å². The summed E-state index contributed by atoms with van der Waals surface area (Å²) in [5.74, 6) is 0.394. The van der Waals surface area contributed by atoms with Gasteiger partial charge in [-0.3, -0.25) is 0 Å². The summed E-state index contributed by atoms with van der Waals surface area (Å²) in [4.78, 5) is 1.90. The first-order chi connectivity index (χ1) is 9.11. The van der Waals surface area contributed by atoms with Crippen LogP contribution in [0.3, 0.4) is 0 Å². The van der Waals surface area contributed by atoms with E-state index in [1.54, 1.807) is 24.3 Å². The molecule has 0 bridgehead atoms. The van der Waals surface area contributed by atoms with Crippen LogP contribution in [0.1, 0.15) is 0 Å². The highest BCUT2D eigenvalue weighted by molar-refractivity contribution is 9.10. The number of nitrogens with two attached hydrogens (primary N) is 1. The van der Waals surface area contributed by atoms with Crippen LogP contribution in [0, 0.1) is 5.82 Å². The van der Waals surface area contributed by atoms with Gasteiger partial charge in [-0.25, -0.2) is 4.39 Å². The monoisotopic (exact) mass is 324 g/mol. The van der Waals surface area contributed by atoms with E-state index in [0.717, 1.165) is 4.47 Å². The van der Waals surface area contributed by atoms with Crippen molar-refractivity contribution in [3.63, 3.8) is 0 Å². The number of nitrogens with zero attached hydrogens (tertiary/aromatic N) is 3. The van der Waals surface area contributed by atoms with E-state index in [4.69, 9.17) is 5.73 Å². The topological polar surface area (TPSA) is 55.0 Å². The molecule has 0 amide bonds. The summed E-state index contributed by atoms with van der Waals surface area (Å²) in [5.41, 5.74) is 6.41. The van der Waals surface area contributed by atoms with Gasteiger partial charge in [0.1, 0.15) is 5.82 Å². The molecule has 0 saturated heterocycles. The van der Waals surface area contributed by atoms with Crippen molar-refractivity contribution in [1.82, 2.24) is 10.2 Å². The number of likely N-dealkylation sites (N-methyl/N-ethyl adjacent to an activating group) is 1. The zero-order valence-electron chi connectivity index (χ0n) is 10.5. The molecule has 1 heterocycles. The molecular formula is C13H14BrFN4. The minimum Gasteiger partial charge on any atom is -0.357 e. The Labute approximate surface area is 119 Å². The molecular weight excluding hydrogens is 311 g/mol. The van der Waals surface area contributed by atoms with Crippen molar-refractivity contribution in [1.29, 1.82) is 0 Å². The number of halogens is 2. The van der Waals surface area contributed by atoms with Crippen LogP contribution in [0.15, 0.2) is 34.8 Å². The Morgan fingerprint density at radius 1 is 1.26 bits per heavy atom. The SMILES string of the molecule is CN(CCN)c1ccc(-c2cc(Br)ccc2F)nn1. The molecule has 2 rings (SSSR count). The summed E-state index contributed by atoms with van der Waals surface area (Å²) in [6, 6.07) is 8.28. The van der Waals surface area contributed by atoms with Crippen molar-refractivity contribution in [3.05, 3.63) is 40.6 Å². The second-order valence-corrected chi connectivity index (χ2v) is 5.03. The van der Waals surface area contributed by atoms with E-state index in [9.17, 15) is 4.39 Å². The molecule has 19 heavy (non-hydrogen) atoms. The van der Waals surface area contributed by atoms with Gasteiger partial charge in [0.2, 0.25) is 0 Å². The van der Waals surface area contributed by atoms with Crippen LogP contribution in [-0.2, 0) is 0 Å². The van der Waals surface area contributed by atoms with Crippen LogP contribution in [0.5, 0.6) is 0 Å². The van der Waals surface area contributed by atoms with Crippen LogP contribution in [0.4, 0.5) is 10.2 Å². The van der Waals surface area contributed by atoms with Crippen LogP contribution in [-0.4, -0.2) is 30.3 Å². The molecule has 100 valence electrons.